The van der Waals surface area contributed by atoms with Crippen molar-refractivity contribution >= 4 is 17.7 Å². The lowest BCUT2D eigenvalue weighted by atomic mass is 10.0. The number of likely N-dealkylation sites (N-methyl/N-ethyl adjacent to an activating group) is 1. The molecule has 0 aliphatic carbocycles. The monoisotopic (exact) mass is 370 g/mol. The summed E-state index contributed by atoms with van der Waals surface area (Å²) in [6.45, 7) is 3.29. The Morgan fingerprint density at radius 3 is 2.38 bits per heavy atom. The SMILES string of the molecule is CSc1ccc(CN(C)[C@H](C(=O)N2CCOCC2)c2ccccc2)cc1. The van der Waals surface area contributed by atoms with Gasteiger partial charge in [-0.25, -0.2) is 0 Å². The van der Waals surface area contributed by atoms with Crippen LogP contribution in [0.25, 0.3) is 0 Å². The van der Waals surface area contributed by atoms with Gasteiger partial charge in [-0.3, -0.25) is 9.69 Å². The maximum Gasteiger partial charge on any atom is 0.244 e. The Morgan fingerprint density at radius 2 is 1.77 bits per heavy atom. The summed E-state index contributed by atoms with van der Waals surface area (Å²) in [7, 11) is 2.03. The van der Waals surface area contributed by atoms with E-state index in [0.717, 1.165) is 12.1 Å². The number of hydrogen-bond acceptors (Lipinski definition) is 4. The summed E-state index contributed by atoms with van der Waals surface area (Å²) in [6.07, 6.45) is 2.08. The molecule has 1 amide bonds. The van der Waals surface area contributed by atoms with Gasteiger partial charge in [0.25, 0.3) is 0 Å². The van der Waals surface area contributed by atoms with Crippen LogP contribution in [0.3, 0.4) is 0 Å². The largest absolute Gasteiger partial charge is 0.378 e. The van der Waals surface area contributed by atoms with Gasteiger partial charge in [0.1, 0.15) is 6.04 Å². The summed E-state index contributed by atoms with van der Waals surface area (Å²) in [6, 6.07) is 18.3. The van der Waals surface area contributed by atoms with Crippen molar-refractivity contribution in [3.8, 4) is 0 Å². The molecule has 1 saturated heterocycles. The van der Waals surface area contributed by atoms with Gasteiger partial charge in [0.15, 0.2) is 0 Å². The first-order valence-electron chi connectivity index (χ1n) is 8.93. The van der Waals surface area contributed by atoms with Gasteiger partial charge in [-0.05, 0) is 36.6 Å². The Hall–Kier alpha value is -1.82. The smallest absolute Gasteiger partial charge is 0.244 e. The summed E-state index contributed by atoms with van der Waals surface area (Å²) in [5.41, 5.74) is 2.24. The second-order valence-corrected chi connectivity index (χ2v) is 7.39. The molecule has 5 heteroatoms. The molecule has 0 N–H and O–H groups in total. The fourth-order valence-electron chi connectivity index (χ4n) is 3.29. The average molecular weight is 371 g/mol. The third-order valence-electron chi connectivity index (χ3n) is 4.70. The van der Waals surface area contributed by atoms with Gasteiger partial charge in [-0.15, -0.1) is 11.8 Å². The van der Waals surface area contributed by atoms with Gasteiger partial charge < -0.3 is 9.64 Å². The van der Waals surface area contributed by atoms with Crippen LogP contribution in [-0.4, -0.2) is 55.3 Å². The third kappa shape index (κ3) is 4.67. The molecule has 0 saturated carbocycles. The lowest BCUT2D eigenvalue weighted by molar-refractivity contribution is -0.141. The Balaban J connectivity index is 1.80. The Morgan fingerprint density at radius 1 is 1.12 bits per heavy atom. The van der Waals surface area contributed by atoms with Crippen molar-refractivity contribution in [1.29, 1.82) is 0 Å². The van der Waals surface area contributed by atoms with Crippen LogP contribution >= 0.6 is 11.8 Å². The lowest BCUT2D eigenvalue weighted by Crippen LogP contribution is -2.46. The molecule has 1 fully saturated rings. The number of benzene rings is 2. The molecule has 2 aromatic rings. The van der Waals surface area contributed by atoms with Crippen molar-refractivity contribution < 1.29 is 9.53 Å². The predicted molar refractivity (Wildman–Crippen MR) is 106 cm³/mol. The van der Waals surface area contributed by atoms with Crippen LogP contribution in [-0.2, 0) is 16.1 Å². The highest BCUT2D eigenvalue weighted by Crippen LogP contribution is 2.25. The highest BCUT2D eigenvalue weighted by Gasteiger charge is 2.30. The zero-order valence-electron chi connectivity index (χ0n) is 15.4. The van der Waals surface area contributed by atoms with E-state index >= 15 is 0 Å². The first-order chi connectivity index (χ1) is 12.7. The molecule has 138 valence electrons. The van der Waals surface area contributed by atoms with E-state index in [-0.39, 0.29) is 11.9 Å². The van der Waals surface area contributed by atoms with Crippen LogP contribution < -0.4 is 0 Å². The third-order valence-corrected chi connectivity index (χ3v) is 5.45. The first kappa shape index (κ1) is 19.0. The van der Waals surface area contributed by atoms with Crippen LogP contribution in [0.15, 0.2) is 59.5 Å². The zero-order valence-corrected chi connectivity index (χ0v) is 16.2. The van der Waals surface area contributed by atoms with Crippen LogP contribution in [0.1, 0.15) is 17.2 Å². The molecule has 26 heavy (non-hydrogen) atoms. The summed E-state index contributed by atoms with van der Waals surface area (Å²) in [5, 5.41) is 0. The van der Waals surface area contributed by atoms with Crippen molar-refractivity contribution in [2.75, 3.05) is 39.6 Å². The van der Waals surface area contributed by atoms with E-state index in [1.54, 1.807) is 11.8 Å². The molecule has 4 nitrogen and oxygen atoms in total. The molecular formula is C21H26N2O2S. The summed E-state index contributed by atoms with van der Waals surface area (Å²) >= 11 is 1.74. The molecular weight excluding hydrogens is 344 g/mol. The van der Waals surface area contributed by atoms with Crippen LogP contribution in [0.5, 0.6) is 0 Å². The lowest BCUT2D eigenvalue weighted by Gasteiger charge is -2.34. The number of nitrogens with zero attached hydrogens (tertiary/aromatic N) is 2. The molecule has 0 unspecified atom stereocenters. The fraction of sp³-hybridized carbons (Fsp3) is 0.381. The predicted octanol–water partition coefficient (Wildman–Crippen LogP) is 3.44. The zero-order chi connectivity index (χ0) is 18.4. The van der Waals surface area contributed by atoms with Crippen LogP contribution in [0, 0.1) is 0 Å². The van der Waals surface area contributed by atoms with Crippen molar-refractivity contribution in [2.24, 2.45) is 0 Å². The Kier molecular flexibility index (Phi) is 6.72. The van der Waals surface area contributed by atoms with Gasteiger partial charge in [0.2, 0.25) is 5.91 Å². The van der Waals surface area contributed by atoms with Crippen molar-refractivity contribution in [3.05, 3.63) is 65.7 Å². The Bertz CT molecular complexity index is 700. The van der Waals surface area contributed by atoms with E-state index in [9.17, 15) is 4.79 Å². The van der Waals surface area contributed by atoms with Crippen LogP contribution in [0.4, 0.5) is 0 Å². The molecule has 1 heterocycles. The molecule has 0 radical (unpaired) electrons. The summed E-state index contributed by atoms with van der Waals surface area (Å²) < 4.78 is 5.40. The second kappa shape index (κ2) is 9.21. The van der Waals surface area contributed by atoms with Gasteiger partial charge in [-0.2, -0.15) is 0 Å². The number of thioether (sulfide) groups is 1. The van der Waals surface area contributed by atoms with Crippen molar-refractivity contribution in [2.45, 2.75) is 17.5 Å². The van der Waals surface area contributed by atoms with E-state index in [2.05, 4.69) is 35.4 Å². The van der Waals surface area contributed by atoms with E-state index < -0.39 is 0 Å². The normalized spacial score (nSPS) is 15.9. The Labute approximate surface area is 160 Å². The molecule has 0 bridgehead atoms. The maximum absolute atomic E-state index is 13.3. The number of carbonyl (C=O) groups excluding carboxylic acids is 1. The van der Waals surface area contributed by atoms with Gasteiger partial charge in [-0.1, -0.05) is 42.5 Å². The molecule has 1 aliphatic rings. The van der Waals surface area contributed by atoms with Crippen molar-refractivity contribution in [1.82, 2.24) is 9.80 Å². The average Bonchev–Trinajstić information content (AvgIpc) is 2.70. The maximum atomic E-state index is 13.3. The molecule has 2 aromatic carbocycles. The van der Waals surface area contributed by atoms with E-state index in [1.807, 2.05) is 42.3 Å². The van der Waals surface area contributed by atoms with Gasteiger partial charge in [0, 0.05) is 24.5 Å². The number of rotatable bonds is 6. The molecule has 0 aromatic heterocycles. The van der Waals surface area contributed by atoms with Crippen LogP contribution in [0.2, 0.25) is 0 Å². The minimum absolute atomic E-state index is 0.155. The number of amides is 1. The second-order valence-electron chi connectivity index (χ2n) is 6.51. The quantitative estimate of drug-likeness (QED) is 0.729. The standard InChI is InChI=1S/C21H26N2O2S/c1-22(16-17-8-10-19(26-2)11-9-17)20(18-6-4-3-5-7-18)21(24)23-12-14-25-15-13-23/h3-11,20H,12-16H2,1-2H3/t20-/m0/s1. The number of hydrogen-bond donors (Lipinski definition) is 0. The molecule has 0 spiro atoms. The topological polar surface area (TPSA) is 32.8 Å². The number of carbonyl (C=O) groups is 1. The van der Waals surface area contributed by atoms with Gasteiger partial charge in [0.05, 0.1) is 13.2 Å². The van der Waals surface area contributed by atoms with E-state index in [4.69, 9.17) is 4.74 Å². The number of morpholine rings is 1. The fourth-order valence-corrected chi connectivity index (χ4v) is 3.70. The highest BCUT2D eigenvalue weighted by molar-refractivity contribution is 7.98. The minimum atomic E-state index is -0.283. The first-order valence-corrected chi connectivity index (χ1v) is 10.2. The summed E-state index contributed by atoms with van der Waals surface area (Å²) in [4.78, 5) is 18.6. The molecule has 1 atom stereocenters. The van der Waals surface area contributed by atoms with E-state index in [0.29, 0.717) is 26.3 Å². The highest BCUT2D eigenvalue weighted by atomic mass is 32.2. The van der Waals surface area contributed by atoms with E-state index in [1.165, 1.54) is 10.5 Å². The minimum Gasteiger partial charge on any atom is -0.378 e. The van der Waals surface area contributed by atoms with Crippen molar-refractivity contribution in [3.63, 3.8) is 0 Å². The van der Waals surface area contributed by atoms with Gasteiger partial charge >= 0.3 is 0 Å². The molecule has 1 aliphatic heterocycles. The molecule has 3 rings (SSSR count). The number of ether oxygens (including phenoxy) is 1. The summed E-state index contributed by atoms with van der Waals surface area (Å²) in [5.74, 6) is 0.155.